The van der Waals surface area contributed by atoms with E-state index in [0.717, 1.165) is 5.56 Å². The lowest BCUT2D eigenvalue weighted by atomic mass is 10.0. The van der Waals surface area contributed by atoms with Gasteiger partial charge in [0.2, 0.25) is 5.95 Å². The zero-order valence-corrected chi connectivity index (χ0v) is 22.9. The number of nitrogen functional groups attached to an aromatic ring is 1. The summed E-state index contributed by atoms with van der Waals surface area (Å²) >= 11 is 6.35. The fourth-order valence-corrected chi connectivity index (χ4v) is 4.97. The number of rotatable bonds is 8. The summed E-state index contributed by atoms with van der Waals surface area (Å²) in [5.41, 5.74) is 8.57. The van der Waals surface area contributed by atoms with Gasteiger partial charge in [0, 0.05) is 28.6 Å². The van der Waals surface area contributed by atoms with Crippen molar-refractivity contribution in [3.63, 3.8) is 0 Å². The van der Waals surface area contributed by atoms with E-state index < -0.39 is 12.0 Å². The molecule has 0 aliphatic rings. The quantitative estimate of drug-likeness (QED) is 0.250. The first-order valence-electron chi connectivity index (χ1n) is 12.8. The highest BCUT2D eigenvalue weighted by Crippen LogP contribution is 2.36. The minimum Gasteiger partial charge on any atom is -0.495 e. The molecule has 6 rings (SSSR count). The number of benzene rings is 2. The lowest BCUT2D eigenvalue weighted by molar-refractivity contribution is 0.405. The van der Waals surface area contributed by atoms with Crippen LogP contribution in [0.15, 0.2) is 90.2 Å². The summed E-state index contributed by atoms with van der Waals surface area (Å²) < 4.78 is 23.4. The third kappa shape index (κ3) is 5.22. The molecule has 0 aliphatic heterocycles. The number of halogens is 2. The molecule has 1 unspecified atom stereocenters. The van der Waals surface area contributed by atoms with Gasteiger partial charge in [-0.05, 0) is 46.3 Å². The number of hydrogen-bond donors (Lipinski definition) is 2. The number of aromatic amines is 1. The maximum atomic E-state index is 14.6. The van der Waals surface area contributed by atoms with Crippen molar-refractivity contribution in [3.8, 4) is 33.8 Å². The summed E-state index contributed by atoms with van der Waals surface area (Å²) in [7, 11) is 1.52. The Bertz CT molecular complexity index is 1920. The number of tetrazole rings is 1. The monoisotopic (exact) mass is 583 g/mol. The van der Waals surface area contributed by atoms with E-state index in [9.17, 15) is 9.18 Å². The average Bonchev–Trinajstić information content (AvgIpc) is 3.70. The highest BCUT2D eigenvalue weighted by atomic mass is 35.5. The summed E-state index contributed by atoms with van der Waals surface area (Å²) in [6.07, 6.45) is 4.99. The zero-order chi connectivity index (χ0) is 29.2. The molecular formula is C29H23ClFN9O2. The van der Waals surface area contributed by atoms with E-state index in [2.05, 4.69) is 30.5 Å². The first-order chi connectivity index (χ1) is 20.4. The molecule has 42 heavy (non-hydrogen) atoms. The lowest BCUT2D eigenvalue weighted by Crippen LogP contribution is -2.27. The van der Waals surface area contributed by atoms with Crippen molar-refractivity contribution in [2.24, 2.45) is 0 Å². The van der Waals surface area contributed by atoms with Gasteiger partial charge in [-0.2, -0.15) is 9.07 Å². The largest absolute Gasteiger partial charge is 0.495 e. The van der Waals surface area contributed by atoms with Gasteiger partial charge in [0.15, 0.2) is 0 Å². The van der Waals surface area contributed by atoms with Crippen molar-refractivity contribution in [1.82, 2.24) is 39.7 Å². The van der Waals surface area contributed by atoms with E-state index in [1.807, 2.05) is 30.3 Å². The molecule has 11 nitrogen and oxygen atoms in total. The van der Waals surface area contributed by atoms with Crippen LogP contribution in [0.25, 0.3) is 28.1 Å². The van der Waals surface area contributed by atoms with E-state index >= 15 is 0 Å². The molecule has 0 saturated heterocycles. The summed E-state index contributed by atoms with van der Waals surface area (Å²) in [5, 5.41) is 11.9. The van der Waals surface area contributed by atoms with E-state index in [1.165, 1.54) is 47.1 Å². The Kier molecular flexibility index (Phi) is 7.19. The highest BCUT2D eigenvalue weighted by Gasteiger charge is 2.24. The van der Waals surface area contributed by atoms with Crippen LogP contribution >= 0.6 is 11.6 Å². The van der Waals surface area contributed by atoms with Crippen LogP contribution in [-0.2, 0) is 6.42 Å². The number of aromatic nitrogens is 8. The summed E-state index contributed by atoms with van der Waals surface area (Å²) in [5.74, 6) is 0.191. The molecule has 3 N–H and O–H groups in total. The molecule has 6 aromatic rings. The van der Waals surface area contributed by atoms with Crippen LogP contribution in [0.4, 0.5) is 10.2 Å². The number of imidazole rings is 1. The molecule has 13 heteroatoms. The van der Waals surface area contributed by atoms with Gasteiger partial charge >= 0.3 is 0 Å². The van der Waals surface area contributed by atoms with Gasteiger partial charge in [-0.25, -0.2) is 9.97 Å². The SMILES string of the molecule is COc1cn(C(Cc2ccccc2)c2ncc(-c3ccc(N)nc3F)[nH]2)c(=O)cc1-c1cc(Cl)ccc1-n1cnnn1. The first kappa shape index (κ1) is 26.8. The molecule has 0 saturated carbocycles. The van der Waals surface area contributed by atoms with E-state index in [4.69, 9.17) is 22.1 Å². The fourth-order valence-electron chi connectivity index (χ4n) is 4.80. The molecule has 2 aromatic carbocycles. The van der Waals surface area contributed by atoms with Crippen molar-refractivity contribution in [2.45, 2.75) is 12.5 Å². The van der Waals surface area contributed by atoms with Crippen molar-refractivity contribution < 1.29 is 9.13 Å². The Morgan fingerprint density at radius 1 is 1.07 bits per heavy atom. The van der Waals surface area contributed by atoms with Crippen molar-refractivity contribution >= 4 is 17.4 Å². The summed E-state index contributed by atoms with van der Waals surface area (Å²) in [4.78, 5) is 25.3. The summed E-state index contributed by atoms with van der Waals surface area (Å²) in [6.45, 7) is 0. The predicted molar refractivity (Wildman–Crippen MR) is 155 cm³/mol. The van der Waals surface area contributed by atoms with E-state index in [0.29, 0.717) is 45.5 Å². The second kappa shape index (κ2) is 11.3. The van der Waals surface area contributed by atoms with E-state index in [1.54, 1.807) is 24.4 Å². The Morgan fingerprint density at radius 3 is 2.64 bits per heavy atom. The Hall–Kier alpha value is -5.36. The van der Waals surface area contributed by atoms with Gasteiger partial charge in [-0.15, -0.1) is 5.10 Å². The van der Waals surface area contributed by atoms with Gasteiger partial charge in [0.1, 0.15) is 23.7 Å². The van der Waals surface area contributed by atoms with Gasteiger partial charge in [-0.3, -0.25) is 4.79 Å². The third-order valence-electron chi connectivity index (χ3n) is 6.79. The number of nitrogens with one attached hydrogen (secondary N) is 1. The maximum Gasteiger partial charge on any atom is 0.252 e. The average molecular weight is 584 g/mol. The molecule has 1 atom stereocenters. The molecular weight excluding hydrogens is 561 g/mol. The standard InChI is InChI=1S/C29H23ClFN9O2/c1-42-25-15-39(27(41)13-21(25)20-12-18(30)7-9-23(20)40-16-34-37-38-40)24(11-17-5-3-2-4-6-17)29-33-14-22(35-29)19-8-10-26(32)36-28(19)31/h2-10,12-16,24H,11H2,1H3,(H2,32,36)(H,33,35). The van der Waals surface area contributed by atoms with Crippen molar-refractivity contribution in [2.75, 3.05) is 12.8 Å². The van der Waals surface area contributed by atoms with Crippen LogP contribution in [0.5, 0.6) is 5.75 Å². The number of methoxy groups -OCH3 is 1. The molecule has 4 aromatic heterocycles. The smallest absolute Gasteiger partial charge is 0.252 e. The van der Waals surface area contributed by atoms with Crippen LogP contribution in [-0.4, -0.2) is 46.8 Å². The van der Waals surface area contributed by atoms with Crippen LogP contribution in [0.3, 0.4) is 0 Å². The second-order valence-electron chi connectivity index (χ2n) is 9.38. The first-order valence-corrected chi connectivity index (χ1v) is 13.1. The van der Waals surface area contributed by atoms with Crippen LogP contribution < -0.4 is 16.0 Å². The third-order valence-corrected chi connectivity index (χ3v) is 7.02. The maximum absolute atomic E-state index is 14.6. The number of anilines is 1. The number of H-pyrrole nitrogens is 1. The minimum atomic E-state index is -0.729. The Morgan fingerprint density at radius 2 is 1.90 bits per heavy atom. The molecule has 0 amide bonds. The van der Waals surface area contributed by atoms with Gasteiger partial charge in [0.05, 0.1) is 42.5 Å². The molecule has 4 heterocycles. The second-order valence-corrected chi connectivity index (χ2v) is 9.82. The van der Waals surface area contributed by atoms with Crippen LogP contribution in [0.1, 0.15) is 17.4 Å². The number of pyridine rings is 2. The van der Waals surface area contributed by atoms with E-state index in [-0.39, 0.29) is 16.9 Å². The summed E-state index contributed by atoms with van der Waals surface area (Å²) in [6, 6.07) is 18.8. The molecule has 0 bridgehead atoms. The molecule has 0 fully saturated rings. The fraction of sp³-hybridized carbons (Fsp3) is 0.103. The number of nitrogens with zero attached hydrogens (tertiary/aromatic N) is 7. The Labute approximate surface area is 243 Å². The lowest BCUT2D eigenvalue weighted by Gasteiger charge is -2.21. The zero-order valence-electron chi connectivity index (χ0n) is 22.1. The van der Waals surface area contributed by atoms with Crippen molar-refractivity contribution in [1.29, 1.82) is 0 Å². The van der Waals surface area contributed by atoms with Gasteiger partial charge in [-0.1, -0.05) is 41.9 Å². The molecule has 0 radical (unpaired) electrons. The minimum absolute atomic E-state index is 0.0691. The number of ether oxygens (including phenoxy) is 1. The Balaban J connectivity index is 1.48. The van der Waals surface area contributed by atoms with Crippen LogP contribution in [0, 0.1) is 5.95 Å². The van der Waals surface area contributed by atoms with Gasteiger partial charge in [0.25, 0.3) is 5.56 Å². The highest BCUT2D eigenvalue weighted by molar-refractivity contribution is 6.31. The van der Waals surface area contributed by atoms with Crippen molar-refractivity contribution in [3.05, 3.63) is 118 Å². The topological polar surface area (TPSA) is 142 Å². The van der Waals surface area contributed by atoms with Gasteiger partial charge < -0.3 is 20.0 Å². The van der Waals surface area contributed by atoms with Crippen LogP contribution in [0.2, 0.25) is 5.02 Å². The normalized spacial score (nSPS) is 11.9. The number of hydrogen-bond acceptors (Lipinski definition) is 8. The number of nitrogens with two attached hydrogens (primary N) is 1. The predicted octanol–water partition coefficient (Wildman–Crippen LogP) is 4.49. The molecule has 0 aliphatic carbocycles. The molecule has 0 spiro atoms. The molecule has 210 valence electrons.